The molecule has 18 heavy (non-hydrogen) atoms. The Morgan fingerprint density at radius 3 is 2.78 bits per heavy atom. The molecule has 1 fully saturated rings. The second-order valence-electron chi connectivity index (χ2n) is 6.11. The Morgan fingerprint density at radius 1 is 1.44 bits per heavy atom. The number of carboxylic acids is 1. The zero-order valence-corrected chi connectivity index (χ0v) is 11.3. The first-order valence-corrected chi connectivity index (χ1v) is 7.07. The van der Waals surface area contributed by atoms with E-state index in [1.165, 1.54) is 0 Å². The molecule has 0 aliphatic heterocycles. The summed E-state index contributed by atoms with van der Waals surface area (Å²) in [5.41, 5.74) is 1.10. The van der Waals surface area contributed by atoms with Gasteiger partial charge in [-0.15, -0.1) is 0 Å². The topological polar surface area (TPSA) is 57.5 Å². The minimum atomic E-state index is -0.683. The second-order valence-corrected chi connectivity index (χ2v) is 6.11. The maximum absolute atomic E-state index is 11.2. The Hall–Kier alpha value is -0.830. The molecule has 2 aliphatic carbocycles. The highest BCUT2D eigenvalue weighted by Crippen LogP contribution is 2.47. The standard InChI is InChI=1S/C15H24O3/c1-9-3-5-13(10(2)15(17)18)14-7-11(8-16)4-6-12(9)14/h7,9-10,12-14,16H,3-6,8H2,1-2H3,(H,17,18)/t9-,10-,12+,13+,14+/m1/s1. The van der Waals surface area contributed by atoms with Gasteiger partial charge in [0.1, 0.15) is 0 Å². The number of hydrogen-bond donors (Lipinski definition) is 2. The van der Waals surface area contributed by atoms with Gasteiger partial charge in [-0.3, -0.25) is 4.79 Å². The molecule has 0 bridgehead atoms. The van der Waals surface area contributed by atoms with E-state index in [1.54, 1.807) is 0 Å². The summed E-state index contributed by atoms with van der Waals surface area (Å²) in [7, 11) is 0. The van der Waals surface area contributed by atoms with Crippen LogP contribution in [0.2, 0.25) is 0 Å². The van der Waals surface area contributed by atoms with Gasteiger partial charge in [-0.05, 0) is 48.5 Å². The van der Waals surface area contributed by atoms with Crippen LogP contribution in [0.5, 0.6) is 0 Å². The van der Waals surface area contributed by atoms with Gasteiger partial charge in [0, 0.05) is 0 Å². The molecule has 0 unspecified atom stereocenters. The van der Waals surface area contributed by atoms with Crippen LogP contribution in [0.4, 0.5) is 0 Å². The number of carboxylic acid groups (broad SMARTS) is 1. The molecule has 2 aliphatic rings. The summed E-state index contributed by atoms with van der Waals surface area (Å²) >= 11 is 0. The smallest absolute Gasteiger partial charge is 0.306 e. The first kappa shape index (κ1) is 13.6. The molecule has 0 amide bonds. The normalized spacial score (nSPS) is 37.6. The fourth-order valence-electron chi connectivity index (χ4n) is 3.89. The molecular formula is C15H24O3. The summed E-state index contributed by atoms with van der Waals surface area (Å²) in [5, 5.41) is 18.5. The molecule has 0 spiro atoms. The van der Waals surface area contributed by atoms with E-state index in [1.807, 2.05) is 6.92 Å². The number of aliphatic hydroxyl groups excluding tert-OH is 1. The summed E-state index contributed by atoms with van der Waals surface area (Å²) < 4.78 is 0. The molecule has 102 valence electrons. The quantitative estimate of drug-likeness (QED) is 0.759. The molecule has 0 aromatic carbocycles. The Morgan fingerprint density at radius 2 is 2.17 bits per heavy atom. The van der Waals surface area contributed by atoms with Gasteiger partial charge in [0.25, 0.3) is 0 Å². The SMILES string of the molecule is C[C@@H]1CC[C@@H]([C@@H](C)C(=O)O)[C@H]2C=C(CO)CC[C@H]21. The van der Waals surface area contributed by atoms with E-state index in [-0.39, 0.29) is 18.4 Å². The molecule has 1 saturated carbocycles. The maximum atomic E-state index is 11.2. The molecule has 0 aromatic heterocycles. The molecule has 0 radical (unpaired) electrons. The van der Waals surface area contributed by atoms with Gasteiger partial charge in [-0.25, -0.2) is 0 Å². The highest BCUT2D eigenvalue weighted by Gasteiger charge is 2.41. The van der Waals surface area contributed by atoms with E-state index in [9.17, 15) is 15.0 Å². The van der Waals surface area contributed by atoms with Gasteiger partial charge < -0.3 is 10.2 Å². The number of allylic oxidation sites excluding steroid dienone is 1. The summed E-state index contributed by atoms with van der Waals surface area (Å²) in [4.78, 5) is 11.2. The van der Waals surface area contributed by atoms with E-state index in [0.717, 1.165) is 31.3 Å². The fourth-order valence-corrected chi connectivity index (χ4v) is 3.89. The summed E-state index contributed by atoms with van der Waals surface area (Å²) in [6.45, 7) is 4.25. The Kier molecular flexibility index (Phi) is 4.10. The number of aliphatic carboxylic acids is 1. The van der Waals surface area contributed by atoms with Crippen LogP contribution >= 0.6 is 0 Å². The second kappa shape index (κ2) is 5.43. The summed E-state index contributed by atoms with van der Waals surface area (Å²) in [6.07, 6.45) is 6.43. The van der Waals surface area contributed by atoms with Gasteiger partial charge >= 0.3 is 5.97 Å². The number of hydrogen-bond acceptors (Lipinski definition) is 2. The van der Waals surface area contributed by atoms with Crippen LogP contribution in [0.15, 0.2) is 11.6 Å². The van der Waals surface area contributed by atoms with Crippen LogP contribution in [0.25, 0.3) is 0 Å². The number of aliphatic hydroxyl groups is 1. The van der Waals surface area contributed by atoms with Crippen LogP contribution in [0.1, 0.15) is 39.5 Å². The van der Waals surface area contributed by atoms with Gasteiger partial charge in [-0.2, -0.15) is 0 Å². The van der Waals surface area contributed by atoms with E-state index < -0.39 is 5.97 Å². The third-order valence-corrected chi connectivity index (χ3v) is 5.14. The van der Waals surface area contributed by atoms with E-state index in [0.29, 0.717) is 17.8 Å². The van der Waals surface area contributed by atoms with Gasteiger partial charge in [-0.1, -0.05) is 26.3 Å². The molecule has 0 heterocycles. The van der Waals surface area contributed by atoms with Crippen molar-refractivity contribution < 1.29 is 15.0 Å². The van der Waals surface area contributed by atoms with Crippen LogP contribution in [-0.4, -0.2) is 22.8 Å². The van der Waals surface area contributed by atoms with Crippen molar-refractivity contribution in [2.45, 2.75) is 39.5 Å². The lowest BCUT2D eigenvalue weighted by Crippen LogP contribution is -2.39. The Balaban J connectivity index is 2.23. The molecule has 3 heteroatoms. The third kappa shape index (κ3) is 2.46. The van der Waals surface area contributed by atoms with Crippen molar-refractivity contribution in [1.29, 1.82) is 0 Å². The van der Waals surface area contributed by atoms with Crippen molar-refractivity contribution in [2.24, 2.45) is 29.6 Å². The zero-order valence-electron chi connectivity index (χ0n) is 11.3. The predicted octanol–water partition coefficient (Wildman–Crippen LogP) is 2.70. The number of fused-ring (bicyclic) bond motifs is 1. The van der Waals surface area contributed by atoms with Crippen molar-refractivity contribution in [1.82, 2.24) is 0 Å². The monoisotopic (exact) mass is 252 g/mol. The lowest BCUT2D eigenvalue weighted by molar-refractivity contribution is -0.144. The van der Waals surface area contributed by atoms with Gasteiger partial charge in [0.15, 0.2) is 0 Å². The van der Waals surface area contributed by atoms with Gasteiger partial charge in [0.2, 0.25) is 0 Å². The Bertz CT molecular complexity index is 348. The lowest BCUT2D eigenvalue weighted by atomic mass is 9.60. The van der Waals surface area contributed by atoms with E-state index in [2.05, 4.69) is 13.0 Å². The van der Waals surface area contributed by atoms with Crippen LogP contribution in [-0.2, 0) is 4.79 Å². The van der Waals surface area contributed by atoms with E-state index >= 15 is 0 Å². The average Bonchev–Trinajstić information content (AvgIpc) is 2.38. The van der Waals surface area contributed by atoms with Crippen molar-refractivity contribution in [3.05, 3.63) is 11.6 Å². The molecule has 2 N–H and O–H groups in total. The molecule has 0 aromatic rings. The number of rotatable bonds is 3. The Labute approximate surface area is 109 Å². The van der Waals surface area contributed by atoms with Crippen LogP contribution < -0.4 is 0 Å². The predicted molar refractivity (Wildman–Crippen MR) is 70.1 cm³/mol. The highest BCUT2D eigenvalue weighted by molar-refractivity contribution is 5.70. The fraction of sp³-hybridized carbons (Fsp3) is 0.800. The van der Waals surface area contributed by atoms with Crippen molar-refractivity contribution in [3.8, 4) is 0 Å². The number of carbonyl (C=O) groups is 1. The molecule has 2 rings (SSSR count). The summed E-state index contributed by atoms with van der Waals surface area (Å²) in [5.74, 6) is 0.933. The van der Waals surface area contributed by atoms with Crippen molar-refractivity contribution >= 4 is 5.97 Å². The molecule has 5 atom stereocenters. The van der Waals surface area contributed by atoms with Gasteiger partial charge in [0.05, 0.1) is 12.5 Å². The highest BCUT2D eigenvalue weighted by atomic mass is 16.4. The van der Waals surface area contributed by atoms with Crippen molar-refractivity contribution in [3.63, 3.8) is 0 Å². The van der Waals surface area contributed by atoms with Crippen molar-refractivity contribution in [2.75, 3.05) is 6.61 Å². The van der Waals surface area contributed by atoms with Crippen LogP contribution in [0, 0.1) is 29.6 Å². The third-order valence-electron chi connectivity index (χ3n) is 5.14. The maximum Gasteiger partial charge on any atom is 0.306 e. The average molecular weight is 252 g/mol. The molecular weight excluding hydrogens is 228 g/mol. The largest absolute Gasteiger partial charge is 0.481 e. The first-order valence-electron chi connectivity index (χ1n) is 7.07. The minimum absolute atomic E-state index is 0.131. The molecule has 0 saturated heterocycles. The van der Waals surface area contributed by atoms with Crippen LogP contribution in [0.3, 0.4) is 0 Å². The lowest BCUT2D eigenvalue weighted by Gasteiger charge is -2.45. The zero-order chi connectivity index (χ0) is 13.3. The minimum Gasteiger partial charge on any atom is -0.481 e. The van der Waals surface area contributed by atoms with E-state index in [4.69, 9.17) is 0 Å². The first-order chi connectivity index (χ1) is 8.54. The molecule has 3 nitrogen and oxygen atoms in total. The summed E-state index contributed by atoms with van der Waals surface area (Å²) in [6, 6.07) is 0.